The first-order valence-corrected chi connectivity index (χ1v) is 5.79. The lowest BCUT2D eigenvalue weighted by molar-refractivity contribution is 0.793. The number of rotatable bonds is 2. The van der Waals surface area contributed by atoms with Gasteiger partial charge in [-0.3, -0.25) is 0 Å². The second kappa shape index (κ2) is 4.45. The molecule has 0 spiro atoms. The maximum absolute atomic E-state index is 3.64. The molecule has 1 N–H and O–H groups in total. The van der Waals surface area contributed by atoms with E-state index in [0.29, 0.717) is 0 Å². The van der Waals surface area contributed by atoms with Crippen molar-refractivity contribution in [3.05, 3.63) is 33.9 Å². The first kappa shape index (κ1) is 11.7. The van der Waals surface area contributed by atoms with Crippen LogP contribution in [0.5, 0.6) is 0 Å². The van der Waals surface area contributed by atoms with Gasteiger partial charge in [-0.05, 0) is 62.6 Å². The van der Waals surface area contributed by atoms with E-state index in [2.05, 4.69) is 55.0 Å². The Morgan fingerprint density at radius 3 is 1.86 bits per heavy atom. The van der Waals surface area contributed by atoms with Gasteiger partial charge in [-0.1, -0.05) is 22.0 Å². The summed E-state index contributed by atoms with van der Waals surface area (Å²) in [6, 6.07) is 2.25. The molecule has 1 aromatic carbocycles. The van der Waals surface area contributed by atoms with E-state index in [1.54, 1.807) is 0 Å². The summed E-state index contributed by atoms with van der Waals surface area (Å²) in [6.07, 6.45) is 0. The van der Waals surface area contributed by atoms with Gasteiger partial charge in [-0.25, -0.2) is 0 Å². The number of aryl methyl sites for hydroxylation is 2. The van der Waals surface area contributed by atoms with Crippen molar-refractivity contribution in [3.8, 4) is 0 Å². The monoisotopic (exact) mass is 255 g/mol. The van der Waals surface area contributed by atoms with Gasteiger partial charge in [0.25, 0.3) is 0 Å². The molecule has 1 nitrogen and oxygen atoms in total. The average molecular weight is 256 g/mol. The van der Waals surface area contributed by atoms with E-state index in [1.165, 1.54) is 27.8 Å². The quantitative estimate of drug-likeness (QED) is 0.630. The lowest BCUT2D eigenvalue weighted by Gasteiger charge is -2.19. The van der Waals surface area contributed by atoms with Crippen LogP contribution < -0.4 is 5.32 Å². The Morgan fingerprint density at radius 2 is 1.50 bits per heavy atom. The molecule has 0 heterocycles. The fraction of sp³-hybridized carbons (Fsp3) is 0.500. The minimum atomic E-state index is 0.251. The molecule has 0 amide bonds. The zero-order valence-electron chi connectivity index (χ0n) is 9.53. The molecule has 1 unspecified atom stereocenters. The highest BCUT2D eigenvalue weighted by atomic mass is 79.9. The van der Waals surface area contributed by atoms with E-state index >= 15 is 0 Å². The van der Waals surface area contributed by atoms with Crippen molar-refractivity contribution in [1.29, 1.82) is 0 Å². The fourth-order valence-electron chi connectivity index (χ4n) is 1.77. The summed E-state index contributed by atoms with van der Waals surface area (Å²) in [5, 5.41) is 3.23. The molecular weight excluding hydrogens is 238 g/mol. The van der Waals surface area contributed by atoms with Crippen molar-refractivity contribution in [2.45, 2.75) is 32.6 Å². The Balaban J connectivity index is 3.39. The highest BCUT2D eigenvalue weighted by Crippen LogP contribution is 2.30. The molecule has 1 atom stereocenters. The van der Waals surface area contributed by atoms with Gasteiger partial charge in [0.2, 0.25) is 0 Å². The first-order chi connectivity index (χ1) is 6.49. The van der Waals surface area contributed by atoms with Gasteiger partial charge in [0.05, 0.1) is 4.95 Å². The van der Waals surface area contributed by atoms with Crippen LogP contribution in [0, 0.1) is 27.7 Å². The molecule has 0 fully saturated rings. The van der Waals surface area contributed by atoms with Crippen LogP contribution in [0.3, 0.4) is 0 Å². The SMILES string of the molecule is CNC(Br)c1c(C)c(C)cc(C)c1C. The van der Waals surface area contributed by atoms with Crippen molar-refractivity contribution >= 4 is 15.9 Å². The van der Waals surface area contributed by atoms with Crippen LogP contribution >= 0.6 is 15.9 Å². The summed E-state index contributed by atoms with van der Waals surface area (Å²) < 4.78 is 0. The molecule has 0 saturated carbocycles. The van der Waals surface area contributed by atoms with Crippen LogP contribution in [0.2, 0.25) is 0 Å². The third-order valence-corrected chi connectivity index (χ3v) is 3.85. The average Bonchev–Trinajstić information content (AvgIpc) is 2.15. The minimum absolute atomic E-state index is 0.251. The normalized spacial score (nSPS) is 13.0. The summed E-state index contributed by atoms with van der Waals surface area (Å²) >= 11 is 3.64. The van der Waals surface area contributed by atoms with Crippen molar-refractivity contribution in [3.63, 3.8) is 0 Å². The standard InChI is InChI=1S/C12H18BrN/c1-7-6-8(2)10(4)11(9(7)3)12(13)14-5/h6,12,14H,1-5H3. The van der Waals surface area contributed by atoms with Gasteiger partial charge in [0.1, 0.15) is 0 Å². The minimum Gasteiger partial charge on any atom is -0.304 e. The van der Waals surface area contributed by atoms with Crippen LogP contribution in [-0.2, 0) is 0 Å². The molecule has 0 aromatic heterocycles. The molecular formula is C12H18BrN. The second-order valence-electron chi connectivity index (χ2n) is 3.83. The maximum atomic E-state index is 3.64. The maximum Gasteiger partial charge on any atom is 0.0889 e. The smallest absolute Gasteiger partial charge is 0.0889 e. The van der Waals surface area contributed by atoms with E-state index in [1.807, 2.05) is 7.05 Å². The fourth-order valence-corrected chi connectivity index (χ4v) is 2.46. The van der Waals surface area contributed by atoms with Gasteiger partial charge >= 0.3 is 0 Å². The van der Waals surface area contributed by atoms with E-state index in [4.69, 9.17) is 0 Å². The molecule has 0 bridgehead atoms. The Morgan fingerprint density at radius 1 is 1.07 bits per heavy atom. The molecule has 0 aliphatic rings. The Kier molecular flexibility index (Phi) is 3.73. The third kappa shape index (κ3) is 2.01. The molecule has 2 heteroatoms. The summed E-state index contributed by atoms with van der Waals surface area (Å²) in [5.74, 6) is 0. The van der Waals surface area contributed by atoms with Crippen LogP contribution in [0.4, 0.5) is 0 Å². The Hall–Kier alpha value is -0.340. The van der Waals surface area contributed by atoms with Gasteiger partial charge < -0.3 is 5.32 Å². The molecule has 0 aliphatic carbocycles. The van der Waals surface area contributed by atoms with Gasteiger partial charge in [0.15, 0.2) is 0 Å². The zero-order chi connectivity index (χ0) is 10.9. The number of benzene rings is 1. The van der Waals surface area contributed by atoms with Crippen molar-refractivity contribution < 1.29 is 0 Å². The van der Waals surface area contributed by atoms with Crippen molar-refractivity contribution in [1.82, 2.24) is 5.32 Å². The zero-order valence-corrected chi connectivity index (χ0v) is 11.1. The predicted octanol–water partition coefficient (Wildman–Crippen LogP) is 3.53. The van der Waals surface area contributed by atoms with E-state index in [9.17, 15) is 0 Å². The topological polar surface area (TPSA) is 12.0 Å². The third-order valence-electron chi connectivity index (χ3n) is 2.93. The number of hydrogen-bond acceptors (Lipinski definition) is 1. The van der Waals surface area contributed by atoms with Crippen molar-refractivity contribution in [2.24, 2.45) is 0 Å². The van der Waals surface area contributed by atoms with Crippen LogP contribution in [0.25, 0.3) is 0 Å². The number of alkyl halides is 1. The molecule has 1 aromatic rings. The number of hydrogen-bond donors (Lipinski definition) is 1. The summed E-state index contributed by atoms with van der Waals surface area (Å²) in [7, 11) is 1.97. The first-order valence-electron chi connectivity index (χ1n) is 4.87. The molecule has 0 aliphatic heterocycles. The summed E-state index contributed by atoms with van der Waals surface area (Å²) in [4.78, 5) is 0.251. The van der Waals surface area contributed by atoms with Gasteiger partial charge in [-0.2, -0.15) is 0 Å². The Bertz CT molecular complexity index is 318. The molecule has 0 saturated heterocycles. The molecule has 1 rings (SSSR count). The highest BCUT2D eigenvalue weighted by Gasteiger charge is 2.14. The molecule has 14 heavy (non-hydrogen) atoms. The summed E-state index contributed by atoms with van der Waals surface area (Å²) in [6.45, 7) is 8.70. The number of nitrogens with one attached hydrogen (secondary N) is 1. The largest absolute Gasteiger partial charge is 0.304 e. The van der Waals surface area contributed by atoms with Crippen LogP contribution in [0.1, 0.15) is 32.8 Å². The molecule has 0 radical (unpaired) electrons. The van der Waals surface area contributed by atoms with Crippen LogP contribution in [0.15, 0.2) is 6.07 Å². The van der Waals surface area contributed by atoms with Crippen LogP contribution in [-0.4, -0.2) is 7.05 Å². The second-order valence-corrected chi connectivity index (χ2v) is 4.74. The lowest BCUT2D eigenvalue weighted by atomic mass is 9.94. The number of halogens is 1. The molecule has 78 valence electrons. The van der Waals surface area contributed by atoms with E-state index in [0.717, 1.165) is 0 Å². The van der Waals surface area contributed by atoms with Gasteiger partial charge in [0, 0.05) is 0 Å². The summed E-state index contributed by atoms with van der Waals surface area (Å²) in [5.41, 5.74) is 6.87. The van der Waals surface area contributed by atoms with Crippen molar-refractivity contribution in [2.75, 3.05) is 7.05 Å². The lowest BCUT2D eigenvalue weighted by Crippen LogP contribution is -2.13. The van der Waals surface area contributed by atoms with Gasteiger partial charge in [-0.15, -0.1) is 0 Å². The highest BCUT2D eigenvalue weighted by molar-refractivity contribution is 9.09. The van der Waals surface area contributed by atoms with E-state index < -0.39 is 0 Å². The predicted molar refractivity (Wildman–Crippen MR) is 66.1 cm³/mol. The van der Waals surface area contributed by atoms with E-state index in [-0.39, 0.29) is 4.95 Å². The Labute approximate surface area is 95.0 Å².